The number of likely N-dealkylation sites (tertiary alicyclic amines) is 1. The molecule has 1 saturated heterocycles. The fraction of sp³-hybridized carbons (Fsp3) is 0.350. The molecule has 1 amide bonds. The minimum Gasteiger partial charge on any atom is -0.342 e. The Labute approximate surface area is 156 Å². The van der Waals surface area contributed by atoms with Gasteiger partial charge in [0.1, 0.15) is 0 Å². The molecule has 1 aliphatic rings. The van der Waals surface area contributed by atoms with Gasteiger partial charge >= 0.3 is 0 Å². The van der Waals surface area contributed by atoms with Gasteiger partial charge in [0.25, 0.3) is 5.56 Å². The van der Waals surface area contributed by atoms with Gasteiger partial charge in [-0.05, 0) is 42.7 Å². The van der Waals surface area contributed by atoms with Crippen molar-refractivity contribution >= 4 is 39.3 Å². The van der Waals surface area contributed by atoms with Gasteiger partial charge in [0.15, 0.2) is 5.16 Å². The van der Waals surface area contributed by atoms with Crippen LogP contribution in [0, 0.1) is 0 Å². The SMILES string of the molecule is C[C@@H](Sc1nc2cc3ccccc3cc2c(=O)n1C)C(=O)N1CCCC1. The summed E-state index contributed by atoms with van der Waals surface area (Å²) >= 11 is 1.36. The highest BCUT2D eigenvalue weighted by Gasteiger charge is 2.25. The highest BCUT2D eigenvalue weighted by Crippen LogP contribution is 2.26. The Morgan fingerprint density at radius 3 is 2.50 bits per heavy atom. The van der Waals surface area contributed by atoms with Crippen molar-refractivity contribution in [1.29, 1.82) is 0 Å². The number of hydrogen-bond donors (Lipinski definition) is 0. The summed E-state index contributed by atoms with van der Waals surface area (Å²) < 4.78 is 1.55. The fourth-order valence-electron chi connectivity index (χ4n) is 3.45. The van der Waals surface area contributed by atoms with Crippen molar-refractivity contribution in [2.75, 3.05) is 13.1 Å². The third kappa shape index (κ3) is 2.98. The molecule has 5 nitrogen and oxygen atoms in total. The van der Waals surface area contributed by atoms with Gasteiger partial charge in [-0.25, -0.2) is 4.98 Å². The second-order valence-corrected chi connectivity index (χ2v) is 8.08. The Kier molecular flexibility index (Phi) is 4.44. The molecule has 0 radical (unpaired) electrons. The van der Waals surface area contributed by atoms with E-state index < -0.39 is 0 Å². The molecule has 3 aromatic rings. The first-order valence-electron chi connectivity index (χ1n) is 8.89. The molecular weight excluding hydrogens is 346 g/mol. The van der Waals surface area contributed by atoms with Gasteiger partial charge in [0.2, 0.25) is 5.91 Å². The predicted molar refractivity (Wildman–Crippen MR) is 106 cm³/mol. The van der Waals surface area contributed by atoms with Crippen molar-refractivity contribution in [3.63, 3.8) is 0 Å². The number of aromatic nitrogens is 2. The molecule has 1 atom stereocenters. The summed E-state index contributed by atoms with van der Waals surface area (Å²) in [6.07, 6.45) is 2.14. The van der Waals surface area contributed by atoms with Crippen LogP contribution in [-0.4, -0.2) is 38.7 Å². The molecule has 26 heavy (non-hydrogen) atoms. The average Bonchev–Trinajstić information content (AvgIpc) is 3.18. The number of hydrogen-bond acceptors (Lipinski definition) is 4. The Bertz CT molecular complexity index is 1050. The van der Waals surface area contributed by atoms with Crippen LogP contribution in [0.15, 0.2) is 46.3 Å². The van der Waals surface area contributed by atoms with Gasteiger partial charge in [-0.1, -0.05) is 36.0 Å². The van der Waals surface area contributed by atoms with E-state index in [0.29, 0.717) is 16.1 Å². The molecule has 4 rings (SSSR count). The number of amides is 1. The lowest BCUT2D eigenvalue weighted by molar-refractivity contribution is -0.129. The number of rotatable bonds is 3. The summed E-state index contributed by atoms with van der Waals surface area (Å²) in [5.74, 6) is 0.125. The largest absolute Gasteiger partial charge is 0.342 e. The third-order valence-electron chi connectivity index (χ3n) is 4.95. The maximum atomic E-state index is 12.8. The lowest BCUT2D eigenvalue weighted by Gasteiger charge is -2.20. The van der Waals surface area contributed by atoms with E-state index in [1.807, 2.05) is 48.2 Å². The molecule has 1 aliphatic heterocycles. The molecule has 0 bridgehead atoms. The number of carbonyl (C=O) groups excluding carboxylic acids is 1. The van der Waals surface area contributed by atoms with Gasteiger partial charge in [-0.3, -0.25) is 14.2 Å². The van der Waals surface area contributed by atoms with Gasteiger partial charge in [0.05, 0.1) is 16.2 Å². The molecule has 1 fully saturated rings. The van der Waals surface area contributed by atoms with Crippen LogP contribution < -0.4 is 5.56 Å². The Balaban J connectivity index is 1.72. The van der Waals surface area contributed by atoms with Crippen molar-refractivity contribution in [1.82, 2.24) is 14.5 Å². The second-order valence-electron chi connectivity index (χ2n) is 6.77. The van der Waals surface area contributed by atoms with E-state index in [-0.39, 0.29) is 16.7 Å². The second kappa shape index (κ2) is 6.76. The van der Waals surface area contributed by atoms with E-state index in [4.69, 9.17) is 0 Å². The summed E-state index contributed by atoms with van der Waals surface area (Å²) in [7, 11) is 1.72. The number of benzene rings is 2. The summed E-state index contributed by atoms with van der Waals surface area (Å²) in [4.78, 5) is 32.0. The van der Waals surface area contributed by atoms with Gasteiger partial charge < -0.3 is 4.90 Å². The van der Waals surface area contributed by atoms with Crippen LogP contribution in [0.25, 0.3) is 21.7 Å². The van der Waals surface area contributed by atoms with E-state index in [1.165, 1.54) is 11.8 Å². The maximum absolute atomic E-state index is 12.8. The zero-order valence-corrected chi connectivity index (χ0v) is 15.8. The van der Waals surface area contributed by atoms with E-state index in [9.17, 15) is 9.59 Å². The topological polar surface area (TPSA) is 55.2 Å². The molecule has 0 N–H and O–H groups in total. The summed E-state index contributed by atoms with van der Waals surface area (Å²) in [6, 6.07) is 11.8. The van der Waals surface area contributed by atoms with Crippen molar-refractivity contribution < 1.29 is 4.79 Å². The maximum Gasteiger partial charge on any atom is 0.261 e. The van der Waals surface area contributed by atoms with Gasteiger partial charge in [-0.15, -0.1) is 0 Å². The van der Waals surface area contributed by atoms with Crippen molar-refractivity contribution in [2.45, 2.75) is 30.2 Å². The summed E-state index contributed by atoms with van der Waals surface area (Å²) in [5, 5.41) is 3.01. The first kappa shape index (κ1) is 17.1. The highest BCUT2D eigenvalue weighted by molar-refractivity contribution is 8.00. The van der Waals surface area contributed by atoms with E-state index in [1.54, 1.807) is 11.6 Å². The van der Waals surface area contributed by atoms with Gasteiger partial charge in [0, 0.05) is 20.1 Å². The molecule has 0 saturated carbocycles. The van der Waals surface area contributed by atoms with Crippen molar-refractivity contribution in [2.24, 2.45) is 7.05 Å². The average molecular weight is 367 g/mol. The van der Waals surface area contributed by atoms with Crippen LogP contribution >= 0.6 is 11.8 Å². The van der Waals surface area contributed by atoms with Crippen LogP contribution in [-0.2, 0) is 11.8 Å². The van der Waals surface area contributed by atoms with E-state index in [0.717, 1.165) is 36.7 Å². The number of nitrogens with zero attached hydrogens (tertiary/aromatic N) is 3. The molecule has 134 valence electrons. The standard InChI is InChI=1S/C20H21N3O2S/c1-13(18(24)23-9-5-6-10-23)26-20-21-17-12-15-8-4-3-7-14(15)11-16(17)19(25)22(20)2/h3-4,7-8,11-13H,5-6,9-10H2,1-2H3/t13-/m1/s1. The minimum absolute atomic E-state index is 0.0796. The van der Waals surface area contributed by atoms with E-state index >= 15 is 0 Å². The molecule has 0 spiro atoms. The minimum atomic E-state index is -0.260. The monoisotopic (exact) mass is 367 g/mol. The normalized spacial score (nSPS) is 15.7. The van der Waals surface area contributed by atoms with Crippen LogP contribution in [0.2, 0.25) is 0 Å². The third-order valence-corrected chi connectivity index (χ3v) is 6.08. The first-order valence-corrected chi connectivity index (χ1v) is 9.77. The van der Waals surface area contributed by atoms with Crippen LogP contribution in [0.1, 0.15) is 19.8 Å². The highest BCUT2D eigenvalue weighted by atomic mass is 32.2. The quantitative estimate of drug-likeness (QED) is 0.405. The molecule has 1 aromatic heterocycles. The van der Waals surface area contributed by atoms with Gasteiger partial charge in [-0.2, -0.15) is 0 Å². The van der Waals surface area contributed by atoms with Crippen LogP contribution in [0.5, 0.6) is 0 Å². The Hall–Kier alpha value is -2.34. The Morgan fingerprint density at radius 2 is 1.81 bits per heavy atom. The lowest BCUT2D eigenvalue weighted by Crippen LogP contribution is -2.34. The fourth-order valence-corrected chi connectivity index (χ4v) is 4.40. The van der Waals surface area contributed by atoms with Crippen molar-refractivity contribution in [3.05, 3.63) is 46.8 Å². The van der Waals surface area contributed by atoms with Crippen LogP contribution in [0.3, 0.4) is 0 Å². The molecule has 6 heteroatoms. The summed E-state index contributed by atoms with van der Waals surface area (Å²) in [5.41, 5.74) is 0.596. The number of carbonyl (C=O) groups is 1. The lowest BCUT2D eigenvalue weighted by atomic mass is 10.1. The molecule has 0 aliphatic carbocycles. The summed E-state index contributed by atoms with van der Waals surface area (Å²) in [6.45, 7) is 3.56. The number of thioether (sulfide) groups is 1. The van der Waals surface area contributed by atoms with Crippen molar-refractivity contribution in [3.8, 4) is 0 Å². The molecule has 2 aromatic carbocycles. The zero-order chi connectivity index (χ0) is 18.3. The van der Waals surface area contributed by atoms with Crippen LogP contribution in [0.4, 0.5) is 0 Å². The molecular formula is C20H21N3O2S. The zero-order valence-electron chi connectivity index (χ0n) is 14.9. The molecule has 0 unspecified atom stereocenters. The smallest absolute Gasteiger partial charge is 0.261 e. The first-order chi connectivity index (χ1) is 12.5. The molecule has 2 heterocycles. The van der Waals surface area contributed by atoms with E-state index in [2.05, 4.69) is 4.98 Å². The number of fused-ring (bicyclic) bond motifs is 2. The predicted octanol–water partition coefficient (Wildman–Crippen LogP) is 3.19. The Morgan fingerprint density at radius 1 is 1.15 bits per heavy atom.